The average molecular weight is 287 g/mol. The minimum absolute atomic E-state index is 0.167. The second-order valence-corrected chi connectivity index (χ2v) is 4.59. The van der Waals surface area contributed by atoms with Crippen molar-refractivity contribution >= 4 is 22.6 Å². The Hall–Kier alpha value is -1.32. The molecule has 0 radical (unpaired) electrons. The van der Waals surface area contributed by atoms with Gasteiger partial charge in [-0.1, -0.05) is 16.8 Å². The molecule has 1 fully saturated rings. The number of fused-ring (bicyclic) bond motifs is 1. The molecule has 1 aliphatic heterocycles. The number of aliphatic hydroxyl groups excluding tert-OH is 3. The van der Waals surface area contributed by atoms with Gasteiger partial charge in [-0.15, -0.1) is 5.10 Å². The summed E-state index contributed by atoms with van der Waals surface area (Å²) in [6.45, 7) is -0.409. The molecule has 8 nitrogen and oxygen atoms in total. The zero-order valence-corrected chi connectivity index (χ0v) is 10.3. The maximum Gasteiger partial charge on any atom is 0.181 e. The average Bonchev–Trinajstić information content (AvgIpc) is 2.94. The zero-order chi connectivity index (χ0) is 13.6. The summed E-state index contributed by atoms with van der Waals surface area (Å²) in [5.41, 5.74) is 0.900. The topological polar surface area (TPSA) is 114 Å². The summed E-state index contributed by atoms with van der Waals surface area (Å²) in [5.74, 6) is 0. The number of pyridine rings is 1. The number of halogens is 1. The Labute approximate surface area is 112 Å². The van der Waals surface area contributed by atoms with E-state index in [2.05, 4.69) is 15.3 Å². The van der Waals surface area contributed by atoms with E-state index in [0.717, 1.165) is 0 Å². The van der Waals surface area contributed by atoms with Crippen LogP contribution in [0.5, 0.6) is 0 Å². The molecule has 2 unspecified atom stereocenters. The van der Waals surface area contributed by atoms with Crippen molar-refractivity contribution in [1.29, 1.82) is 0 Å². The van der Waals surface area contributed by atoms with E-state index in [1.165, 1.54) is 10.9 Å². The van der Waals surface area contributed by atoms with Gasteiger partial charge in [0.25, 0.3) is 0 Å². The molecule has 19 heavy (non-hydrogen) atoms. The molecule has 2 aromatic rings. The van der Waals surface area contributed by atoms with E-state index >= 15 is 0 Å². The lowest BCUT2D eigenvalue weighted by molar-refractivity contribution is -0.0572. The highest BCUT2D eigenvalue weighted by Gasteiger charge is 2.44. The molecule has 1 aliphatic rings. The van der Waals surface area contributed by atoms with Crippen LogP contribution in [-0.2, 0) is 4.74 Å². The molecule has 9 heteroatoms. The lowest BCUT2D eigenvalue weighted by Gasteiger charge is -2.15. The molecular formula is C10H11ClN4O4. The highest BCUT2D eigenvalue weighted by Crippen LogP contribution is 2.32. The third-order valence-corrected chi connectivity index (χ3v) is 3.37. The Morgan fingerprint density at radius 3 is 2.84 bits per heavy atom. The molecule has 1 saturated heterocycles. The Morgan fingerprint density at radius 1 is 1.37 bits per heavy atom. The second-order valence-electron chi connectivity index (χ2n) is 4.23. The third kappa shape index (κ3) is 1.88. The van der Waals surface area contributed by atoms with Crippen LogP contribution in [0, 0.1) is 0 Å². The van der Waals surface area contributed by atoms with E-state index in [4.69, 9.17) is 21.4 Å². The number of nitrogens with zero attached hydrogens (tertiary/aromatic N) is 4. The van der Waals surface area contributed by atoms with Gasteiger partial charge in [0.2, 0.25) is 0 Å². The van der Waals surface area contributed by atoms with Crippen molar-refractivity contribution in [1.82, 2.24) is 20.0 Å². The summed E-state index contributed by atoms with van der Waals surface area (Å²) in [5, 5.41) is 36.6. The van der Waals surface area contributed by atoms with Crippen LogP contribution in [0.2, 0.25) is 5.15 Å². The summed E-state index contributed by atoms with van der Waals surface area (Å²) >= 11 is 5.98. The molecule has 0 saturated carbocycles. The highest BCUT2D eigenvalue weighted by molar-refractivity contribution is 6.33. The molecule has 0 aromatic carbocycles. The van der Waals surface area contributed by atoms with Gasteiger partial charge in [0.15, 0.2) is 11.4 Å². The quantitative estimate of drug-likeness (QED) is 0.613. The van der Waals surface area contributed by atoms with Gasteiger partial charge in [0, 0.05) is 6.20 Å². The van der Waals surface area contributed by atoms with Crippen LogP contribution < -0.4 is 0 Å². The van der Waals surface area contributed by atoms with Gasteiger partial charge in [-0.25, -0.2) is 9.67 Å². The summed E-state index contributed by atoms with van der Waals surface area (Å²) in [6, 6.07) is 1.62. The largest absolute Gasteiger partial charge is 0.394 e. The molecule has 102 valence electrons. The van der Waals surface area contributed by atoms with Gasteiger partial charge >= 0.3 is 0 Å². The minimum Gasteiger partial charge on any atom is -0.394 e. The smallest absolute Gasteiger partial charge is 0.181 e. The fourth-order valence-corrected chi connectivity index (χ4v) is 2.35. The van der Waals surface area contributed by atoms with Gasteiger partial charge in [-0.3, -0.25) is 0 Å². The Balaban J connectivity index is 2.06. The summed E-state index contributed by atoms with van der Waals surface area (Å²) in [7, 11) is 0. The molecule has 0 aliphatic carbocycles. The summed E-state index contributed by atoms with van der Waals surface area (Å²) < 4.78 is 6.62. The van der Waals surface area contributed by atoms with Crippen molar-refractivity contribution < 1.29 is 20.1 Å². The first-order chi connectivity index (χ1) is 9.13. The number of aromatic nitrogens is 4. The van der Waals surface area contributed by atoms with Gasteiger partial charge < -0.3 is 20.1 Å². The van der Waals surface area contributed by atoms with Gasteiger partial charge in [-0.05, 0) is 6.07 Å². The molecule has 3 N–H and O–H groups in total. The van der Waals surface area contributed by atoms with Crippen LogP contribution in [0.4, 0.5) is 0 Å². The maximum atomic E-state index is 9.94. The number of hydrogen-bond acceptors (Lipinski definition) is 7. The number of rotatable bonds is 2. The van der Waals surface area contributed by atoms with E-state index < -0.39 is 31.1 Å². The lowest BCUT2D eigenvalue weighted by atomic mass is 10.1. The van der Waals surface area contributed by atoms with Gasteiger partial charge in [0.05, 0.1) is 6.61 Å². The molecule has 4 atom stereocenters. The molecule has 0 amide bonds. The molecule has 0 bridgehead atoms. The Kier molecular flexibility index (Phi) is 3.11. The van der Waals surface area contributed by atoms with Crippen molar-refractivity contribution in [2.45, 2.75) is 24.5 Å². The van der Waals surface area contributed by atoms with E-state index in [1.807, 2.05) is 0 Å². The monoisotopic (exact) mass is 286 g/mol. The first-order valence-electron chi connectivity index (χ1n) is 5.61. The van der Waals surface area contributed by atoms with Crippen LogP contribution >= 0.6 is 11.6 Å². The van der Waals surface area contributed by atoms with E-state index in [1.54, 1.807) is 6.07 Å². The van der Waals surface area contributed by atoms with Crippen LogP contribution in [0.15, 0.2) is 12.3 Å². The number of aliphatic hydroxyl groups is 3. The normalized spacial score (nSPS) is 31.2. The first kappa shape index (κ1) is 12.7. The minimum atomic E-state index is -1.24. The summed E-state index contributed by atoms with van der Waals surface area (Å²) in [6.07, 6.45) is -2.81. The van der Waals surface area contributed by atoms with Crippen molar-refractivity contribution in [3.05, 3.63) is 17.4 Å². The summed E-state index contributed by atoms with van der Waals surface area (Å²) in [4.78, 5) is 3.91. The lowest BCUT2D eigenvalue weighted by Crippen LogP contribution is -2.33. The van der Waals surface area contributed by atoms with Crippen molar-refractivity contribution in [2.75, 3.05) is 6.61 Å². The standard InChI is InChI=1S/C10H11ClN4O4/c11-9-6-4(1-2-12-9)13-14-15(6)10-8(18)7(17)5(3-16)19-10/h1-2,5,7-8,10,16-18H,3H2/t5?,7?,8-,10-/m1/s1. The number of ether oxygens (including phenoxy) is 1. The number of hydrogen-bond donors (Lipinski definition) is 3. The molecule has 2 aromatic heterocycles. The fourth-order valence-electron chi connectivity index (χ4n) is 2.11. The predicted octanol–water partition coefficient (Wildman–Crippen LogP) is -0.909. The van der Waals surface area contributed by atoms with E-state index in [-0.39, 0.29) is 5.15 Å². The van der Waals surface area contributed by atoms with Crippen molar-refractivity contribution in [3.8, 4) is 0 Å². The fraction of sp³-hybridized carbons (Fsp3) is 0.500. The van der Waals surface area contributed by atoms with Crippen LogP contribution in [-0.4, -0.2) is 60.2 Å². The molecular weight excluding hydrogens is 276 g/mol. The van der Waals surface area contributed by atoms with E-state index in [0.29, 0.717) is 11.0 Å². The van der Waals surface area contributed by atoms with Crippen LogP contribution in [0.25, 0.3) is 11.0 Å². The van der Waals surface area contributed by atoms with Crippen LogP contribution in [0.1, 0.15) is 6.23 Å². The van der Waals surface area contributed by atoms with Crippen molar-refractivity contribution in [2.24, 2.45) is 0 Å². The SMILES string of the molecule is OCC1O[C@@H](n2nnc3ccnc(Cl)c32)[C@H](O)C1O. The highest BCUT2D eigenvalue weighted by atomic mass is 35.5. The van der Waals surface area contributed by atoms with Crippen molar-refractivity contribution in [3.63, 3.8) is 0 Å². The third-order valence-electron chi connectivity index (χ3n) is 3.09. The van der Waals surface area contributed by atoms with Crippen LogP contribution in [0.3, 0.4) is 0 Å². The predicted molar refractivity (Wildman–Crippen MR) is 63.3 cm³/mol. The maximum absolute atomic E-state index is 9.94. The van der Waals surface area contributed by atoms with Gasteiger partial charge in [0.1, 0.15) is 29.3 Å². The molecule has 3 heterocycles. The van der Waals surface area contributed by atoms with E-state index in [9.17, 15) is 10.2 Å². The second kappa shape index (κ2) is 4.66. The molecule has 0 spiro atoms. The van der Waals surface area contributed by atoms with Gasteiger partial charge in [-0.2, -0.15) is 0 Å². The first-order valence-corrected chi connectivity index (χ1v) is 5.99. The Morgan fingerprint density at radius 2 is 2.16 bits per heavy atom. The zero-order valence-electron chi connectivity index (χ0n) is 9.59. The molecule has 3 rings (SSSR count). The Bertz CT molecular complexity index is 606.